The van der Waals surface area contributed by atoms with Crippen LogP contribution in [0.15, 0.2) is 73.1 Å². The van der Waals surface area contributed by atoms with E-state index in [1.807, 2.05) is 54.2 Å². The van der Waals surface area contributed by atoms with Crippen LogP contribution in [0.25, 0.3) is 5.76 Å². The predicted octanol–water partition coefficient (Wildman–Crippen LogP) is 7.43. The number of nitrogens with zero attached hydrogens (tertiary/aromatic N) is 2. The second-order valence-electron chi connectivity index (χ2n) is 9.49. The lowest BCUT2D eigenvalue weighted by molar-refractivity contribution is 0.0841. The maximum Gasteiger partial charge on any atom is 0.202 e. The lowest BCUT2D eigenvalue weighted by atomic mass is 9.72. The molecule has 1 aromatic heterocycles. The molecule has 1 aliphatic rings. The molecule has 0 radical (unpaired) electrons. The van der Waals surface area contributed by atoms with Crippen molar-refractivity contribution in [2.75, 3.05) is 0 Å². The minimum atomic E-state index is -0.212. The average molecular weight is 457 g/mol. The molecule has 178 valence electrons. The van der Waals surface area contributed by atoms with Crippen molar-refractivity contribution in [3.8, 4) is 5.75 Å². The fourth-order valence-electron chi connectivity index (χ4n) is 5.09. The SMILES string of the molecule is CCCCCCC[C@@H](C)C(C(=O)c1nccn1C)C1C=C(c2ccccc2)Oc2ccccc21. The van der Waals surface area contributed by atoms with E-state index in [4.69, 9.17) is 4.74 Å². The fraction of sp³-hybridized carbons (Fsp3) is 0.400. The van der Waals surface area contributed by atoms with E-state index in [2.05, 4.69) is 43.1 Å². The van der Waals surface area contributed by atoms with Crippen LogP contribution in [0.4, 0.5) is 0 Å². The zero-order chi connectivity index (χ0) is 23.9. The number of carbonyl (C=O) groups is 1. The van der Waals surface area contributed by atoms with Gasteiger partial charge in [0, 0.05) is 42.4 Å². The van der Waals surface area contributed by atoms with E-state index >= 15 is 0 Å². The number of unbranched alkanes of at least 4 members (excludes halogenated alkanes) is 4. The number of carbonyl (C=O) groups excluding carboxylic acids is 1. The Labute approximate surface area is 203 Å². The van der Waals surface area contributed by atoms with E-state index in [1.165, 1.54) is 25.7 Å². The Balaban J connectivity index is 1.71. The third-order valence-electron chi connectivity index (χ3n) is 6.99. The van der Waals surface area contributed by atoms with Crippen LogP contribution in [-0.4, -0.2) is 15.3 Å². The summed E-state index contributed by atoms with van der Waals surface area (Å²) in [5, 5.41) is 0. The third kappa shape index (κ3) is 5.32. The predicted molar refractivity (Wildman–Crippen MR) is 138 cm³/mol. The van der Waals surface area contributed by atoms with E-state index in [1.54, 1.807) is 6.20 Å². The Kier molecular flexibility index (Phi) is 7.99. The zero-order valence-corrected chi connectivity index (χ0v) is 20.6. The zero-order valence-electron chi connectivity index (χ0n) is 20.6. The second-order valence-corrected chi connectivity index (χ2v) is 9.49. The van der Waals surface area contributed by atoms with Gasteiger partial charge in [-0.15, -0.1) is 0 Å². The fourth-order valence-corrected chi connectivity index (χ4v) is 5.09. The first-order chi connectivity index (χ1) is 16.6. The van der Waals surface area contributed by atoms with Crippen LogP contribution >= 0.6 is 0 Å². The van der Waals surface area contributed by atoms with Crippen LogP contribution in [-0.2, 0) is 7.05 Å². The summed E-state index contributed by atoms with van der Waals surface area (Å²) in [6.45, 7) is 4.48. The summed E-state index contributed by atoms with van der Waals surface area (Å²) < 4.78 is 8.17. The Morgan fingerprint density at radius 2 is 1.76 bits per heavy atom. The van der Waals surface area contributed by atoms with Gasteiger partial charge in [-0.05, 0) is 24.5 Å². The monoisotopic (exact) mass is 456 g/mol. The molecule has 4 nitrogen and oxygen atoms in total. The topological polar surface area (TPSA) is 44.1 Å². The molecule has 2 unspecified atom stereocenters. The van der Waals surface area contributed by atoms with E-state index in [0.29, 0.717) is 5.82 Å². The van der Waals surface area contributed by atoms with Gasteiger partial charge in [-0.3, -0.25) is 4.79 Å². The molecule has 2 heterocycles. The van der Waals surface area contributed by atoms with Gasteiger partial charge in [-0.1, -0.05) is 94.5 Å². The number of Topliss-reactive ketones (excluding diaryl/α,β-unsaturated/α-hetero) is 1. The van der Waals surface area contributed by atoms with E-state index in [9.17, 15) is 4.79 Å². The standard InChI is InChI=1S/C30H36N2O2/c1-4-5-6-7-9-14-22(2)28(29(33)30-31-19-20-32(30)3)25-21-27(23-15-10-8-11-16-23)34-26-18-13-12-17-24(25)26/h8,10-13,15-22,25,28H,4-7,9,14H2,1-3H3/t22-,25?,28?/m1/s1. The number of allylic oxidation sites excluding steroid dienone is 1. The number of hydrogen-bond acceptors (Lipinski definition) is 3. The number of para-hydroxylation sites is 1. The molecule has 0 aliphatic carbocycles. The van der Waals surface area contributed by atoms with Crippen molar-refractivity contribution in [3.05, 3.63) is 90.0 Å². The Hall–Kier alpha value is -3.14. The maximum atomic E-state index is 14.0. The molecule has 4 heteroatoms. The Bertz CT molecular complexity index is 1120. The van der Waals surface area contributed by atoms with Crippen molar-refractivity contribution < 1.29 is 9.53 Å². The van der Waals surface area contributed by atoms with Crippen LogP contribution in [0.3, 0.4) is 0 Å². The smallest absolute Gasteiger partial charge is 0.202 e. The average Bonchev–Trinajstić information content (AvgIpc) is 3.30. The van der Waals surface area contributed by atoms with Crippen molar-refractivity contribution in [2.45, 2.75) is 58.3 Å². The molecule has 2 aromatic carbocycles. The number of ether oxygens (including phenoxy) is 1. The number of fused-ring (bicyclic) bond motifs is 1. The number of hydrogen-bond donors (Lipinski definition) is 0. The summed E-state index contributed by atoms with van der Waals surface area (Å²) in [5.74, 6) is 2.22. The van der Waals surface area contributed by atoms with Gasteiger partial charge >= 0.3 is 0 Å². The first kappa shape index (κ1) is 24.0. The van der Waals surface area contributed by atoms with Gasteiger partial charge in [-0.25, -0.2) is 4.98 Å². The van der Waals surface area contributed by atoms with Gasteiger partial charge in [0.05, 0.1) is 0 Å². The third-order valence-corrected chi connectivity index (χ3v) is 6.99. The quantitative estimate of drug-likeness (QED) is 0.222. The maximum absolute atomic E-state index is 14.0. The summed E-state index contributed by atoms with van der Waals surface area (Å²) in [6, 6.07) is 18.3. The van der Waals surface area contributed by atoms with Gasteiger partial charge < -0.3 is 9.30 Å². The van der Waals surface area contributed by atoms with E-state index < -0.39 is 0 Å². The summed E-state index contributed by atoms with van der Waals surface area (Å²) in [7, 11) is 1.90. The molecule has 0 bridgehead atoms. The van der Waals surface area contributed by atoms with Gasteiger partial charge in [0.2, 0.25) is 5.78 Å². The first-order valence-corrected chi connectivity index (χ1v) is 12.7. The van der Waals surface area contributed by atoms with Crippen LogP contribution in [0.5, 0.6) is 5.75 Å². The summed E-state index contributed by atoms with van der Waals surface area (Å²) >= 11 is 0. The van der Waals surface area contributed by atoms with Gasteiger partial charge in [-0.2, -0.15) is 0 Å². The lowest BCUT2D eigenvalue weighted by Crippen LogP contribution is -2.31. The molecular formula is C30H36N2O2. The highest BCUT2D eigenvalue weighted by Crippen LogP contribution is 2.45. The van der Waals surface area contributed by atoms with Crippen molar-refractivity contribution in [2.24, 2.45) is 18.9 Å². The minimum absolute atomic E-state index is 0.0741. The highest BCUT2D eigenvalue weighted by atomic mass is 16.5. The molecule has 4 rings (SSSR count). The molecule has 3 aromatic rings. The van der Waals surface area contributed by atoms with Crippen LogP contribution < -0.4 is 4.74 Å². The first-order valence-electron chi connectivity index (χ1n) is 12.7. The number of benzene rings is 2. The van der Waals surface area contributed by atoms with E-state index in [0.717, 1.165) is 35.5 Å². The van der Waals surface area contributed by atoms with Crippen molar-refractivity contribution in [1.82, 2.24) is 9.55 Å². The molecule has 0 saturated heterocycles. The van der Waals surface area contributed by atoms with Crippen LogP contribution in [0, 0.1) is 11.8 Å². The minimum Gasteiger partial charge on any atom is -0.457 e. The number of aromatic nitrogens is 2. The van der Waals surface area contributed by atoms with Gasteiger partial charge in [0.25, 0.3) is 0 Å². The van der Waals surface area contributed by atoms with Gasteiger partial charge in [0.15, 0.2) is 5.82 Å². The van der Waals surface area contributed by atoms with Crippen molar-refractivity contribution in [1.29, 1.82) is 0 Å². The van der Waals surface area contributed by atoms with Gasteiger partial charge in [0.1, 0.15) is 11.5 Å². The summed E-state index contributed by atoms with van der Waals surface area (Å²) in [4.78, 5) is 18.4. The Morgan fingerprint density at radius 3 is 2.50 bits per heavy atom. The number of ketones is 1. The highest BCUT2D eigenvalue weighted by Gasteiger charge is 2.38. The molecule has 0 fully saturated rings. The number of imidazole rings is 1. The summed E-state index contributed by atoms with van der Waals surface area (Å²) in [5.41, 5.74) is 2.10. The molecule has 3 atom stereocenters. The molecular weight excluding hydrogens is 420 g/mol. The van der Waals surface area contributed by atoms with Crippen molar-refractivity contribution in [3.63, 3.8) is 0 Å². The molecule has 0 amide bonds. The second kappa shape index (κ2) is 11.3. The molecule has 0 spiro atoms. The summed E-state index contributed by atoms with van der Waals surface area (Å²) in [6.07, 6.45) is 12.9. The largest absolute Gasteiger partial charge is 0.457 e. The number of rotatable bonds is 11. The number of aryl methyl sites for hydroxylation is 1. The van der Waals surface area contributed by atoms with E-state index in [-0.39, 0.29) is 23.5 Å². The highest BCUT2D eigenvalue weighted by molar-refractivity contribution is 5.96. The van der Waals surface area contributed by atoms with Crippen LogP contribution in [0.2, 0.25) is 0 Å². The Morgan fingerprint density at radius 1 is 1.03 bits per heavy atom. The van der Waals surface area contributed by atoms with Crippen LogP contribution in [0.1, 0.15) is 80.0 Å². The normalized spacial score (nSPS) is 16.8. The van der Waals surface area contributed by atoms with Crippen molar-refractivity contribution >= 4 is 11.5 Å². The molecule has 0 saturated carbocycles. The lowest BCUT2D eigenvalue weighted by Gasteiger charge is -2.33. The molecule has 1 aliphatic heterocycles. The molecule has 0 N–H and O–H groups in total. The molecule has 34 heavy (non-hydrogen) atoms.